The van der Waals surface area contributed by atoms with Gasteiger partial charge >= 0.3 is 0 Å². The van der Waals surface area contributed by atoms with E-state index in [-0.39, 0.29) is 42.6 Å². The van der Waals surface area contributed by atoms with Crippen LogP contribution in [0.1, 0.15) is 26.2 Å². The first-order valence-corrected chi connectivity index (χ1v) is 14.7. The van der Waals surface area contributed by atoms with Crippen molar-refractivity contribution >= 4 is 46.6 Å². The molecule has 3 amide bonds. The largest absolute Gasteiger partial charge is 0.466 e. The Morgan fingerprint density at radius 1 is 1.11 bits per heavy atom. The van der Waals surface area contributed by atoms with Crippen LogP contribution in [0.15, 0.2) is 41.5 Å². The van der Waals surface area contributed by atoms with E-state index in [1.165, 1.54) is 6.92 Å². The van der Waals surface area contributed by atoms with Crippen LogP contribution in [-0.2, 0) is 19.1 Å². The first kappa shape index (κ1) is 29.6. The minimum Gasteiger partial charge on any atom is -0.466 e. The maximum atomic E-state index is 14.7. The van der Waals surface area contributed by atoms with Crippen LogP contribution < -0.4 is 20.7 Å². The lowest BCUT2D eigenvalue weighted by molar-refractivity contribution is -0.147. The Bertz CT molecular complexity index is 1540. The van der Waals surface area contributed by atoms with E-state index in [1.807, 2.05) is 4.90 Å². The Balaban J connectivity index is 1.38. The zero-order chi connectivity index (χ0) is 31.0. The fourth-order valence-corrected chi connectivity index (χ4v) is 5.92. The molecule has 13 nitrogen and oxygen atoms in total. The van der Waals surface area contributed by atoms with Gasteiger partial charge in [0.15, 0.2) is 11.6 Å². The predicted molar refractivity (Wildman–Crippen MR) is 160 cm³/mol. The van der Waals surface area contributed by atoms with Crippen LogP contribution in [0.4, 0.5) is 27.5 Å². The Morgan fingerprint density at radius 3 is 2.68 bits per heavy atom. The highest BCUT2D eigenvalue weighted by atomic mass is 19.1. The fourth-order valence-electron chi connectivity index (χ4n) is 5.92. The Hall–Kier alpha value is -4.43. The van der Waals surface area contributed by atoms with Gasteiger partial charge in [-0.25, -0.2) is 14.4 Å². The van der Waals surface area contributed by atoms with Crippen LogP contribution in [0.25, 0.3) is 0 Å². The lowest BCUT2D eigenvalue weighted by Crippen LogP contribution is -2.59. The molecule has 3 unspecified atom stereocenters. The van der Waals surface area contributed by atoms with Crippen molar-refractivity contribution in [3.05, 3.63) is 42.4 Å². The summed E-state index contributed by atoms with van der Waals surface area (Å²) in [5.41, 5.74) is -0.627. The molecule has 10 rings (SSSR count). The summed E-state index contributed by atoms with van der Waals surface area (Å²) in [5, 5.41) is 8.43. The number of anilines is 3. The van der Waals surface area contributed by atoms with E-state index in [9.17, 15) is 18.8 Å². The molecule has 14 heteroatoms. The van der Waals surface area contributed by atoms with Crippen LogP contribution in [0.3, 0.4) is 0 Å². The molecule has 1 aromatic heterocycles. The molecular weight excluding hydrogens is 571 g/mol. The van der Waals surface area contributed by atoms with Gasteiger partial charge in [0.2, 0.25) is 5.91 Å². The average molecular weight is 607 g/mol. The van der Waals surface area contributed by atoms with Crippen LogP contribution in [0.2, 0.25) is 0 Å². The smallest absolute Gasteiger partial charge is 0.278 e. The highest BCUT2D eigenvalue weighted by Gasteiger charge is 2.47. The first-order chi connectivity index (χ1) is 21.1. The first-order valence-electron chi connectivity index (χ1n) is 14.7. The number of piperidine rings is 1. The molecule has 44 heavy (non-hydrogen) atoms. The standard InChI is InChI=1S/C30H35FN8O5/c1-30-27(41)32-10-13-39(19-8-11-38(2)12-9-19)26(40)17-4-6-21(24(14-17)43-3)36-29-33-16-20(31)25(37-29)34-18-5-7-23(44-30)22(15-18)35-28(30)42/h4-7,15-17,19,24H,8-14H2,1-3H3,(H,32,41)(H,35,42)(H,33,34,37). The number of rotatable bonds is 2. The van der Waals surface area contributed by atoms with Gasteiger partial charge in [0.05, 0.1) is 23.5 Å². The van der Waals surface area contributed by atoms with E-state index >= 15 is 0 Å². The molecule has 8 heterocycles. The number of methoxy groups -OCH3 is 1. The van der Waals surface area contributed by atoms with Crippen molar-refractivity contribution in [3.8, 4) is 5.75 Å². The third-order valence-electron chi connectivity index (χ3n) is 8.58. The number of carbonyl (C=O) groups excluding carboxylic acids is 3. The fraction of sp³-hybridized carbons (Fsp3) is 0.467. The van der Waals surface area contributed by atoms with Gasteiger partial charge in [-0.2, -0.15) is 4.98 Å². The number of aliphatic imine (C=N–C) groups is 1. The summed E-state index contributed by atoms with van der Waals surface area (Å²) in [6, 6.07) is 4.72. The van der Waals surface area contributed by atoms with E-state index < -0.39 is 35.3 Å². The number of nitrogens with zero attached hydrogens (tertiary/aromatic N) is 5. The number of hydrogen-bond donors (Lipinski definition) is 3. The van der Waals surface area contributed by atoms with Gasteiger partial charge in [-0.3, -0.25) is 14.4 Å². The highest BCUT2D eigenvalue weighted by molar-refractivity contribution is 6.15. The number of ether oxygens (including phenoxy) is 2. The number of halogens is 1. The summed E-state index contributed by atoms with van der Waals surface area (Å²) in [6.07, 6.45) is 5.95. The minimum atomic E-state index is -1.84. The molecule has 0 saturated carbocycles. The predicted octanol–water partition coefficient (Wildman–Crippen LogP) is 2.17. The summed E-state index contributed by atoms with van der Waals surface area (Å²) in [6.45, 7) is 3.49. The van der Waals surface area contributed by atoms with Crippen molar-refractivity contribution in [2.45, 2.75) is 43.9 Å². The molecular formula is C30H35FN8O5. The van der Waals surface area contributed by atoms with Crippen molar-refractivity contribution in [2.24, 2.45) is 10.9 Å². The molecule has 1 saturated heterocycles. The zero-order valence-corrected chi connectivity index (χ0v) is 24.8. The van der Waals surface area contributed by atoms with Crippen LogP contribution in [0, 0.1) is 11.7 Å². The van der Waals surface area contributed by atoms with Crippen molar-refractivity contribution in [3.63, 3.8) is 0 Å². The molecule has 1 aliphatic carbocycles. The highest BCUT2D eigenvalue weighted by Crippen LogP contribution is 2.37. The Morgan fingerprint density at radius 2 is 1.91 bits per heavy atom. The molecule has 7 aliphatic heterocycles. The second kappa shape index (κ2) is 11.9. The van der Waals surface area contributed by atoms with E-state index in [4.69, 9.17) is 9.47 Å². The number of benzene rings is 1. The average Bonchev–Trinajstić information content (AvgIpc) is 3.01. The molecule has 1 aromatic carbocycles. The minimum absolute atomic E-state index is 0.00825. The van der Waals surface area contributed by atoms with Gasteiger partial charge in [-0.15, -0.1) is 0 Å². The van der Waals surface area contributed by atoms with Crippen LogP contribution in [-0.4, -0.2) is 101 Å². The third-order valence-corrected chi connectivity index (χ3v) is 8.58. The van der Waals surface area contributed by atoms with E-state index in [1.54, 1.807) is 37.5 Å². The maximum absolute atomic E-state index is 14.7. The molecule has 3 N–H and O–H groups in total. The number of nitrogens with one attached hydrogen (secondary N) is 3. The van der Waals surface area contributed by atoms with Gasteiger partial charge in [-0.1, -0.05) is 6.08 Å². The SMILES string of the molecule is COC1CC2C=CC1=Nc1ncc(F)c(n1)Nc1ccc3c(c1)NC(=O)C(C)(O3)C(=O)NCCN(C1CCN(C)CC1)C2=O. The Kier molecular flexibility index (Phi) is 8.03. The van der Waals surface area contributed by atoms with Gasteiger partial charge < -0.3 is 35.2 Å². The molecule has 232 valence electrons. The van der Waals surface area contributed by atoms with Crippen molar-refractivity contribution in [2.75, 3.05) is 51.0 Å². The van der Waals surface area contributed by atoms with E-state index in [2.05, 4.69) is 42.9 Å². The van der Waals surface area contributed by atoms with E-state index in [0.717, 1.165) is 32.1 Å². The third kappa shape index (κ3) is 5.74. The quantitative estimate of drug-likeness (QED) is 0.437. The van der Waals surface area contributed by atoms with Gasteiger partial charge in [0, 0.05) is 31.9 Å². The summed E-state index contributed by atoms with van der Waals surface area (Å²) < 4.78 is 26.4. The van der Waals surface area contributed by atoms with Gasteiger partial charge in [0.25, 0.3) is 23.4 Å². The van der Waals surface area contributed by atoms with Gasteiger partial charge in [0.1, 0.15) is 11.9 Å². The molecule has 0 spiro atoms. The summed E-state index contributed by atoms with van der Waals surface area (Å²) in [5.74, 6) is -2.42. The second-order valence-corrected chi connectivity index (χ2v) is 11.6. The summed E-state index contributed by atoms with van der Waals surface area (Å²) in [4.78, 5) is 57.4. The number of amides is 3. The molecule has 8 bridgehead atoms. The van der Waals surface area contributed by atoms with Crippen molar-refractivity contribution in [1.29, 1.82) is 0 Å². The van der Waals surface area contributed by atoms with E-state index in [0.29, 0.717) is 23.5 Å². The normalized spacial score (nSPS) is 26.4. The monoisotopic (exact) mass is 606 g/mol. The summed E-state index contributed by atoms with van der Waals surface area (Å²) in [7, 11) is 3.60. The van der Waals surface area contributed by atoms with Crippen LogP contribution >= 0.6 is 0 Å². The Labute approximate surface area is 253 Å². The van der Waals surface area contributed by atoms with Crippen molar-refractivity contribution < 1.29 is 28.2 Å². The number of likely N-dealkylation sites (tertiary alicyclic amines) is 1. The molecule has 3 atom stereocenters. The lowest BCUT2D eigenvalue weighted by Gasteiger charge is -2.39. The lowest BCUT2D eigenvalue weighted by atomic mass is 9.89. The second-order valence-electron chi connectivity index (χ2n) is 11.6. The molecule has 1 fully saturated rings. The van der Waals surface area contributed by atoms with Gasteiger partial charge in [-0.05, 0) is 70.6 Å². The topological polar surface area (TPSA) is 150 Å². The number of aromatic nitrogens is 2. The van der Waals surface area contributed by atoms with Crippen LogP contribution in [0.5, 0.6) is 5.75 Å². The molecule has 0 radical (unpaired) electrons. The van der Waals surface area contributed by atoms with Crippen molar-refractivity contribution in [1.82, 2.24) is 25.1 Å². The summed E-state index contributed by atoms with van der Waals surface area (Å²) >= 11 is 0. The molecule has 8 aliphatic rings. The number of carbonyl (C=O) groups is 3. The maximum Gasteiger partial charge on any atom is 0.278 e. The number of hydrogen-bond acceptors (Lipinski definition) is 10. The molecule has 2 aromatic rings. The zero-order valence-electron chi connectivity index (χ0n) is 24.8.